The van der Waals surface area contributed by atoms with Crippen LogP contribution in [-0.2, 0) is 4.84 Å². The van der Waals surface area contributed by atoms with E-state index in [4.69, 9.17) is 14.1 Å². The molecule has 0 spiro atoms. The molecule has 7 nitrogen and oxygen atoms in total. The van der Waals surface area contributed by atoms with Crippen molar-refractivity contribution in [3.05, 3.63) is 54.6 Å². The van der Waals surface area contributed by atoms with Gasteiger partial charge in [-0.2, -0.15) is 10.0 Å². The Kier molecular flexibility index (Phi) is 4.90. The lowest BCUT2D eigenvalue weighted by Gasteiger charge is -2.27. The summed E-state index contributed by atoms with van der Waals surface area (Å²) < 4.78 is 11.2. The van der Waals surface area contributed by atoms with Gasteiger partial charge in [-0.05, 0) is 31.0 Å². The fourth-order valence-corrected chi connectivity index (χ4v) is 2.99. The Morgan fingerprint density at radius 1 is 1.08 bits per heavy atom. The van der Waals surface area contributed by atoms with Gasteiger partial charge in [-0.25, -0.2) is 4.98 Å². The highest BCUT2D eigenvalue weighted by Crippen LogP contribution is 2.29. The number of hydroxylamine groups is 2. The molecule has 1 aliphatic heterocycles. The number of hydrogen-bond acceptors (Lipinski definition) is 7. The zero-order valence-electron chi connectivity index (χ0n) is 14.5. The molecule has 3 aromatic rings. The Bertz CT molecular complexity index is 828. The molecule has 7 heteroatoms. The summed E-state index contributed by atoms with van der Waals surface area (Å²) in [7, 11) is 1.70. The van der Waals surface area contributed by atoms with E-state index in [9.17, 15) is 0 Å². The minimum absolute atomic E-state index is 0.274. The largest absolute Gasteiger partial charge is 0.439 e. The highest BCUT2D eigenvalue weighted by atomic mass is 16.7. The van der Waals surface area contributed by atoms with Gasteiger partial charge in [0.25, 0.3) is 0 Å². The number of benzene rings is 1. The molecule has 2 aromatic heterocycles. The van der Waals surface area contributed by atoms with E-state index >= 15 is 0 Å². The first kappa shape index (κ1) is 16.7. The zero-order valence-corrected chi connectivity index (χ0v) is 14.5. The van der Waals surface area contributed by atoms with Crippen LogP contribution in [0.2, 0.25) is 0 Å². The van der Waals surface area contributed by atoms with Gasteiger partial charge < -0.3 is 14.1 Å². The Balaban J connectivity index is 1.43. The molecule has 0 N–H and O–H groups in total. The van der Waals surface area contributed by atoms with Gasteiger partial charge in [0.05, 0.1) is 7.11 Å². The Morgan fingerprint density at radius 2 is 1.88 bits per heavy atom. The molecular weight excluding hydrogens is 332 g/mol. The Morgan fingerprint density at radius 3 is 2.58 bits per heavy atom. The van der Waals surface area contributed by atoms with Crippen LogP contribution in [0.5, 0.6) is 11.6 Å². The highest BCUT2D eigenvalue weighted by Gasteiger charge is 2.25. The Labute approximate surface area is 151 Å². The minimum atomic E-state index is 0.274. The first-order chi connectivity index (χ1) is 12.8. The zero-order chi connectivity index (χ0) is 17.8. The van der Waals surface area contributed by atoms with Crippen molar-refractivity contribution in [3.8, 4) is 23.0 Å². The normalized spacial score (nSPS) is 15.9. The van der Waals surface area contributed by atoms with Crippen LogP contribution in [0.4, 0.5) is 0 Å². The molecule has 26 heavy (non-hydrogen) atoms. The van der Waals surface area contributed by atoms with Crippen molar-refractivity contribution < 1.29 is 14.1 Å². The number of piperidine rings is 1. The molecule has 0 saturated carbocycles. The van der Waals surface area contributed by atoms with E-state index in [1.807, 2.05) is 41.5 Å². The molecule has 0 aliphatic carbocycles. The number of pyridine rings is 1. The maximum Gasteiger partial charge on any atom is 0.230 e. The monoisotopic (exact) mass is 352 g/mol. The predicted octanol–water partition coefficient (Wildman–Crippen LogP) is 3.66. The number of aromatic nitrogens is 3. The smallest absolute Gasteiger partial charge is 0.230 e. The van der Waals surface area contributed by atoms with Crippen LogP contribution in [-0.4, -0.2) is 40.4 Å². The molecule has 1 fully saturated rings. The van der Waals surface area contributed by atoms with Crippen LogP contribution in [0.25, 0.3) is 11.4 Å². The van der Waals surface area contributed by atoms with Crippen LogP contribution in [0.15, 0.2) is 53.2 Å². The summed E-state index contributed by atoms with van der Waals surface area (Å²) in [4.78, 5) is 14.1. The van der Waals surface area contributed by atoms with E-state index in [1.54, 1.807) is 19.4 Å². The number of ether oxygens (including phenoxy) is 1. The number of nitrogens with zero attached hydrogens (tertiary/aromatic N) is 4. The third-order valence-electron chi connectivity index (χ3n) is 4.46. The SMILES string of the molecule is CON1CCC(c2nc(-c3ccc(Oc4ccccc4)nc3)no2)CC1. The molecule has 0 bridgehead atoms. The standard InChI is InChI=1S/C19H20N4O3/c1-24-23-11-9-14(10-12-23)19-21-18(22-26-19)15-7-8-17(20-13-15)25-16-5-3-2-4-6-16/h2-8,13-14H,9-12H2,1H3. The van der Waals surface area contributed by atoms with Gasteiger partial charge in [0.1, 0.15) is 5.75 Å². The van der Waals surface area contributed by atoms with Gasteiger partial charge in [-0.3, -0.25) is 0 Å². The van der Waals surface area contributed by atoms with Gasteiger partial charge in [-0.1, -0.05) is 23.4 Å². The third kappa shape index (κ3) is 3.74. The summed E-state index contributed by atoms with van der Waals surface area (Å²) in [6, 6.07) is 13.2. The quantitative estimate of drug-likeness (QED) is 0.693. The van der Waals surface area contributed by atoms with Crippen LogP contribution >= 0.6 is 0 Å². The maximum absolute atomic E-state index is 5.70. The molecule has 4 rings (SSSR count). The number of rotatable bonds is 5. The fourth-order valence-electron chi connectivity index (χ4n) is 2.99. The summed E-state index contributed by atoms with van der Waals surface area (Å²) >= 11 is 0. The molecule has 0 atom stereocenters. The average Bonchev–Trinajstić information content (AvgIpc) is 3.20. The topological polar surface area (TPSA) is 73.5 Å². The van der Waals surface area contributed by atoms with Crippen molar-refractivity contribution in [3.63, 3.8) is 0 Å². The van der Waals surface area contributed by atoms with Gasteiger partial charge in [0.2, 0.25) is 17.6 Å². The fraction of sp³-hybridized carbons (Fsp3) is 0.316. The average molecular weight is 352 g/mol. The van der Waals surface area contributed by atoms with Crippen molar-refractivity contribution in [1.29, 1.82) is 0 Å². The lowest BCUT2D eigenvalue weighted by Crippen LogP contribution is -2.32. The van der Waals surface area contributed by atoms with Crippen LogP contribution in [0, 0.1) is 0 Å². The van der Waals surface area contributed by atoms with Crippen LogP contribution in [0.3, 0.4) is 0 Å². The van der Waals surface area contributed by atoms with E-state index in [0.717, 1.165) is 37.2 Å². The molecule has 1 aromatic carbocycles. The summed E-state index contributed by atoms with van der Waals surface area (Å²) in [5.41, 5.74) is 0.801. The van der Waals surface area contributed by atoms with Crippen molar-refractivity contribution in [2.75, 3.05) is 20.2 Å². The summed E-state index contributed by atoms with van der Waals surface area (Å²) in [5, 5.41) is 6.05. The summed E-state index contributed by atoms with van der Waals surface area (Å²) in [6.45, 7) is 1.73. The lowest BCUT2D eigenvalue weighted by molar-refractivity contribution is -0.144. The lowest BCUT2D eigenvalue weighted by atomic mass is 9.98. The van der Waals surface area contributed by atoms with E-state index in [1.165, 1.54) is 0 Å². The molecule has 1 saturated heterocycles. The van der Waals surface area contributed by atoms with Crippen molar-refractivity contribution in [1.82, 2.24) is 20.2 Å². The molecule has 0 unspecified atom stereocenters. The van der Waals surface area contributed by atoms with Gasteiger partial charge in [-0.15, -0.1) is 0 Å². The van der Waals surface area contributed by atoms with Crippen molar-refractivity contribution >= 4 is 0 Å². The second kappa shape index (κ2) is 7.63. The van der Waals surface area contributed by atoms with Gasteiger partial charge in [0.15, 0.2) is 0 Å². The van der Waals surface area contributed by atoms with E-state index in [2.05, 4.69) is 15.1 Å². The first-order valence-corrected chi connectivity index (χ1v) is 8.64. The molecular formula is C19H20N4O3. The van der Waals surface area contributed by atoms with E-state index in [0.29, 0.717) is 17.6 Å². The molecule has 3 heterocycles. The number of hydrogen-bond donors (Lipinski definition) is 0. The predicted molar refractivity (Wildman–Crippen MR) is 94.6 cm³/mol. The number of para-hydroxylation sites is 1. The molecule has 0 radical (unpaired) electrons. The molecule has 1 aliphatic rings. The van der Waals surface area contributed by atoms with Crippen molar-refractivity contribution in [2.24, 2.45) is 0 Å². The second-order valence-corrected chi connectivity index (χ2v) is 6.14. The molecule has 0 amide bonds. The van der Waals surface area contributed by atoms with E-state index < -0.39 is 0 Å². The Hall–Kier alpha value is -2.77. The van der Waals surface area contributed by atoms with Crippen LogP contribution in [0.1, 0.15) is 24.7 Å². The highest BCUT2D eigenvalue weighted by molar-refractivity contribution is 5.53. The summed E-state index contributed by atoms with van der Waals surface area (Å²) in [5.74, 6) is 2.78. The van der Waals surface area contributed by atoms with Gasteiger partial charge in [0, 0.05) is 36.8 Å². The third-order valence-corrected chi connectivity index (χ3v) is 4.46. The first-order valence-electron chi connectivity index (χ1n) is 8.64. The van der Waals surface area contributed by atoms with Gasteiger partial charge >= 0.3 is 0 Å². The van der Waals surface area contributed by atoms with Crippen LogP contribution < -0.4 is 4.74 Å². The summed E-state index contributed by atoms with van der Waals surface area (Å²) in [6.07, 6.45) is 3.58. The van der Waals surface area contributed by atoms with E-state index in [-0.39, 0.29) is 5.92 Å². The molecule has 134 valence electrons. The maximum atomic E-state index is 5.70. The van der Waals surface area contributed by atoms with Crippen molar-refractivity contribution in [2.45, 2.75) is 18.8 Å². The minimum Gasteiger partial charge on any atom is -0.439 e. The second-order valence-electron chi connectivity index (χ2n) is 6.14.